The third-order valence-electron chi connectivity index (χ3n) is 3.83. The van der Waals surface area contributed by atoms with Crippen LogP contribution in [0.25, 0.3) is 11.3 Å². The average molecular weight is 355 g/mol. The van der Waals surface area contributed by atoms with Crippen LogP contribution >= 0.6 is 0 Å². The van der Waals surface area contributed by atoms with Crippen LogP contribution in [0.4, 0.5) is 4.39 Å². The summed E-state index contributed by atoms with van der Waals surface area (Å²) in [5.41, 5.74) is 1.19. The summed E-state index contributed by atoms with van der Waals surface area (Å²) in [6, 6.07) is 14.5. The van der Waals surface area contributed by atoms with Crippen molar-refractivity contribution in [3.05, 3.63) is 71.7 Å². The van der Waals surface area contributed by atoms with Gasteiger partial charge in [0, 0.05) is 17.2 Å². The topological polar surface area (TPSA) is 60.7 Å². The molecule has 5 nitrogen and oxygen atoms in total. The zero-order chi connectivity index (χ0) is 18.5. The molecule has 0 saturated carbocycles. The van der Waals surface area contributed by atoms with Gasteiger partial charge in [-0.25, -0.2) is 4.39 Å². The van der Waals surface area contributed by atoms with Gasteiger partial charge in [0.25, 0.3) is 5.91 Å². The Morgan fingerprint density at radius 2 is 1.65 bits per heavy atom. The van der Waals surface area contributed by atoms with Gasteiger partial charge in [-0.05, 0) is 48.5 Å². The molecule has 134 valence electrons. The minimum absolute atomic E-state index is 0.222. The first-order valence-electron chi connectivity index (χ1n) is 7.95. The summed E-state index contributed by atoms with van der Waals surface area (Å²) < 4.78 is 29.0. The number of carbonyl (C=O) groups excluding carboxylic acids is 1. The first-order chi connectivity index (χ1) is 12.6. The van der Waals surface area contributed by atoms with Crippen LogP contribution in [0.3, 0.4) is 0 Å². The van der Waals surface area contributed by atoms with Crippen molar-refractivity contribution in [3.63, 3.8) is 0 Å². The zero-order valence-electron chi connectivity index (χ0n) is 14.4. The van der Waals surface area contributed by atoms with Gasteiger partial charge in [-0.2, -0.15) is 0 Å². The lowest BCUT2D eigenvalue weighted by atomic mass is 10.2. The second kappa shape index (κ2) is 7.74. The number of halogens is 1. The van der Waals surface area contributed by atoms with Gasteiger partial charge in [0.1, 0.15) is 28.8 Å². The van der Waals surface area contributed by atoms with Gasteiger partial charge in [0.05, 0.1) is 20.8 Å². The van der Waals surface area contributed by atoms with E-state index in [1.54, 1.807) is 42.5 Å². The van der Waals surface area contributed by atoms with Gasteiger partial charge in [0.2, 0.25) is 0 Å². The first-order valence-corrected chi connectivity index (χ1v) is 7.95. The fourth-order valence-corrected chi connectivity index (χ4v) is 2.45. The van der Waals surface area contributed by atoms with E-state index in [2.05, 4.69) is 5.32 Å². The Balaban J connectivity index is 1.67. The number of benzene rings is 2. The van der Waals surface area contributed by atoms with Crippen molar-refractivity contribution in [1.29, 1.82) is 0 Å². The van der Waals surface area contributed by atoms with Crippen LogP contribution in [-0.4, -0.2) is 20.1 Å². The molecule has 0 aliphatic rings. The number of nitrogens with one attached hydrogen (secondary N) is 1. The summed E-state index contributed by atoms with van der Waals surface area (Å²) in [7, 11) is 3.05. The second-order valence-corrected chi connectivity index (χ2v) is 5.56. The lowest BCUT2D eigenvalue weighted by Crippen LogP contribution is -2.22. The third kappa shape index (κ3) is 4.03. The van der Waals surface area contributed by atoms with Gasteiger partial charge >= 0.3 is 0 Å². The maximum Gasteiger partial charge on any atom is 0.251 e. The largest absolute Gasteiger partial charge is 0.497 e. The summed E-state index contributed by atoms with van der Waals surface area (Å²) in [5, 5.41) is 2.79. The van der Waals surface area contributed by atoms with E-state index in [-0.39, 0.29) is 18.3 Å². The normalized spacial score (nSPS) is 10.4. The van der Waals surface area contributed by atoms with E-state index in [0.29, 0.717) is 28.6 Å². The molecule has 0 unspecified atom stereocenters. The Hall–Kier alpha value is -3.28. The van der Waals surface area contributed by atoms with Crippen molar-refractivity contribution >= 4 is 5.91 Å². The van der Waals surface area contributed by atoms with Crippen molar-refractivity contribution in [3.8, 4) is 22.8 Å². The number of amides is 1. The number of rotatable bonds is 6. The molecule has 2 aromatic carbocycles. The Morgan fingerprint density at radius 1 is 1.00 bits per heavy atom. The van der Waals surface area contributed by atoms with Crippen LogP contribution in [0.15, 0.2) is 59.0 Å². The van der Waals surface area contributed by atoms with E-state index in [1.807, 2.05) is 0 Å². The summed E-state index contributed by atoms with van der Waals surface area (Å²) in [6.07, 6.45) is 0. The van der Waals surface area contributed by atoms with Crippen LogP contribution in [0.2, 0.25) is 0 Å². The smallest absolute Gasteiger partial charge is 0.251 e. The van der Waals surface area contributed by atoms with E-state index in [0.717, 1.165) is 5.56 Å². The molecule has 26 heavy (non-hydrogen) atoms. The molecule has 1 aromatic heterocycles. The lowest BCUT2D eigenvalue weighted by Gasteiger charge is -2.08. The van der Waals surface area contributed by atoms with Crippen LogP contribution in [0.1, 0.15) is 16.1 Å². The Bertz CT molecular complexity index is 880. The highest BCUT2D eigenvalue weighted by Gasteiger charge is 2.11. The number of carbonyl (C=O) groups is 1. The van der Waals surface area contributed by atoms with E-state index in [9.17, 15) is 9.18 Å². The van der Waals surface area contributed by atoms with Gasteiger partial charge in [0.15, 0.2) is 0 Å². The Morgan fingerprint density at radius 3 is 2.27 bits per heavy atom. The predicted molar refractivity (Wildman–Crippen MR) is 94.8 cm³/mol. The highest BCUT2D eigenvalue weighted by molar-refractivity contribution is 5.95. The Labute approximate surface area is 150 Å². The summed E-state index contributed by atoms with van der Waals surface area (Å²) in [5.74, 6) is 1.69. The fraction of sp³-hybridized carbons (Fsp3) is 0.150. The highest BCUT2D eigenvalue weighted by atomic mass is 19.1. The Kier molecular flexibility index (Phi) is 5.22. The summed E-state index contributed by atoms with van der Waals surface area (Å²) in [6.45, 7) is 0.222. The minimum atomic E-state index is -0.304. The molecule has 0 saturated heterocycles. The van der Waals surface area contributed by atoms with Gasteiger partial charge in [-0.1, -0.05) is 0 Å². The molecule has 0 fully saturated rings. The van der Waals surface area contributed by atoms with Crippen molar-refractivity contribution in [2.24, 2.45) is 0 Å². The molecule has 1 heterocycles. The monoisotopic (exact) mass is 355 g/mol. The lowest BCUT2D eigenvalue weighted by molar-refractivity contribution is 0.0947. The molecule has 0 atom stereocenters. The van der Waals surface area contributed by atoms with Crippen molar-refractivity contribution in [1.82, 2.24) is 5.32 Å². The molecule has 3 aromatic rings. The maximum atomic E-state index is 13.0. The number of hydrogen-bond acceptors (Lipinski definition) is 4. The SMILES string of the molecule is COc1cc(OC)cc(C(=O)NCc2ccc(-c3ccc(F)cc3)o2)c1. The molecule has 0 bridgehead atoms. The zero-order valence-corrected chi connectivity index (χ0v) is 14.4. The molecule has 3 rings (SSSR count). The van der Waals surface area contributed by atoms with Crippen molar-refractivity contribution < 1.29 is 23.1 Å². The first kappa shape index (κ1) is 17.5. The fourth-order valence-electron chi connectivity index (χ4n) is 2.45. The summed E-state index contributed by atoms with van der Waals surface area (Å²) >= 11 is 0. The van der Waals surface area contributed by atoms with E-state index < -0.39 is 0 Å². The van der Waals surface area contributed by atoms with Crippen LogP contribution in [0.5, 0.6) is 11.5 Å². The molecule has 0 aliphatic carbocycles. The molecule has 1 N–H and O–H groups in total. The minimum Gasteiger partial charge on any atom is -0.497 e. The predicted octanol–water partition coefficient (Wildman–Crippen LogP) is 4.03. The quantitative estimate of drug-likeness (QED) is 0.725. The van der Waals surface area contributed by atoms with Crippen LogP contribution < -0.4 is 14.8 Å². The molecule has 0 radical (unpaired) electrons. The second-order valence-electron chi connectivity index (χ2n) is 5.56. The molecule has 0 aliphatic heterocycles. The van der Waals surface area contributed by atoms with E-state index in [4.69, 9.17) is 13.9 Å². The third-order valence-corrected chi connectivity index (χ3v) is 3.83. The van der Waals surface area contributed by atoms with Crippen LogP contribution in [0, 0.1) is 5.82 Å². The molecule has 6 heteroatoms. The molecule has 1 amide bonds. The molecular formula is C20H18FNO4. The van der Waals surface area contributed by atoms with Gasteiger partial charge in [-0.15, -0.1) is 0 Å². The number of hydrogen-bond donors (Lipinski definition) is 1. The van der Waals surface area contributed by atoms with E-state index in [1.165, 1.54) is 26.4 Å². The van der Waals surface area contributed by atoms with Gasteiger partial charge < -0.3 is 19.2 Å². The van der Waals surface area contributed by atoms with E-state index >= 15 is 0 Å². The standard InChI is InChI=1S/C20H18FNO4/c1-24-17-9-14(10-18(11-17)25-2)20(23)22-12-16-7-8-19(26-16)13-3-5-15(21)6-4-13/h3-11H,12H2,1-2H3,(H,22,23). The molecule has 0 spiro atoms. The average Bonchev–Trinajstić information content (AvgIpc) is 3.15. The van der Waals surface area contributed by atoms with Crippen LogP contribution in [-0.2, 0) is 6.54 Å². The number of methoxy groups -OCH3 is 2. The highest BCUT2D eigenvalue weighted by Crippen LogP contribution is 2.24. The van der Waals surface area contributed by atoms with Crippen molar-refractivity contribution in [2.45, 2.75) is 6.54 Å². The maximum absolute atomic E-state index is 13.0. The van der Waals surface area contributed by atoms with Crippen molar-refractivity contribution in [2.75, 3.05) is 14.2 Å². The number of ether oxygens (including phenoxy) is 2. The summed E-state index contributed by atoms with van der Waals surface area (Å²) in [4.78, 5) is 12.4. The molecular weight excluding hydrogens is 337 g/mol. The number of furan rings is 1. The van der Waals surface area contributed by atoms with Gasteiger partial charge in [-0.3, -0.25) is 4.79 Å².